The molecule has 1 atom stereocenters. The van der Waals surface area contributed by atoms with Crippen molar-refractivity contribution in [3.05, 3.63) is 29.6 Å². The molecule has 0 spiro atoms. The summed E-state index contributed by atoms with van der Waals surface area (Å²) in [5.74, 6) is 1.79. The monoisotopic (exact) mass is 412 g/mol. The van der Waals surface area contributed by atoms with Crippen molar-refractivity contribution in [2.75, 3.05) is 49.3 Å². The summed E-state index contributed by atoms with van der Waals surface area (Å²) in [6, 6.07) is 4.32. The zero-order valence-electron chi connectivity index (χ0n) is 18.0. The van der Waals surface area contributed by atoms with E-state index < -0.39 is 0 Å². The van der Waals surface area contributed by atoms with Gasteiger partial charge in [0.05, 0.1) is 12.3 Å². The van der Waals surface area contributed by atoms with Crippen molar-refractivity contribution in [3.8, 4) is 0 Å². The second-order valence-electron chi connectivity index (χ2n) is 7.39. The maximum absolute atomic E-state index is 8.46. The average molecular weight is 413 g/mol. The SMILES string of the molecule is CCC(=N)c1nc(NCC2CCCN2)nc(Nc2cc(C)ccn2)c1NCCOC. The van der Waals surface area contributed by atoms with E-state index in [-0.39, 0.29) is 0 Å². The zero-order valence-corrected chi connectivity index (χ0v) is 18.0. The normalized spacial score (nSPS) is 15.8. The third-order valence-electron chi connectivity index (χ3n) is 4.99. The highest BCUT2D eigenvalue weighted by molar-refractivity contribution is 6.03. The highest BCUT2D eigenvalue weighted by Gasteiger charge is 2.19. The minimum atomic E-state index is 0.414. The molecule has 1 aliphatic rings. The first-order valence-corrected chi connectivity index (χ1v) is 10.5. The number of methoxy groups -OCH3 is 1. The number of nitrogens with zero attached hydrogens (tertiary/aromatic N) is 3. The lowest BCUT2D eigenvalue weighted by Crippen LogP contribution is -2.30. The van der Waals surface area contributed by atoms with Crippen LogP contribution in [-0.2, 0) is 4.74 Å². The minimum absolute atomic E-state index is 0.414. The van der Waals surface area contributed by atoms with Crippen LogP contribution in [-0.4, -0.2) is 60.1 Å². The Kier molecular flexibility index (Phi) is 7.92. The number of nitrogens with one attached hydrogen (secondary N) is 5. The van der Waals surface area contributed by atoms with Crippen LogP contribution in [0.1, 0.15) is 37.4 Å². The number of anilines is 4. The number of hydrogen-bond acceptors (Lipinski definition) is 9. The second-order valence-corrected chi connectivity index (χ2v) is 7.39. The predicted octanol–water partition coefficient (Wildman–Crippen LogP) is 2.92. The van der Waals surface area contributed by atoms with Crippen molar-refractivity contribution >= 4 is 29.0 Å². The molecule has 0 saturated carbocycles. The molecule has 3 heterocycles. The topological polar surface area (TPSA) is 120 Å². The third kappa shape index (κ3) is 5.87. The number of aryl methyl sites for hydroxylation is 1. The third-order valence-corrected chi connectivity index (χ3v) is 4.99. The summed E-state index contributed by atoms with van der Waals surface area (Å²) in [6.07, 6.45) is 4.66. The Labute approximate surface area is 178 Å². The Morgan fingerprint density at radius 2 is 2.20 bits per heavy atom. The molecule has 9 heteroatoms. The predicted molar refractivity (Wildman–Crippen MR) is 121 cm³/mol. The van der Waals surface area contributed by atoms with Gasteiger partial charge in [0, 0.05) is 32.4 Å². The molecule has 2 aromatic rings. The molecule has 0 radical (unpaired) electrons. The van der Waals surface area contributed by atoms with Gasteiger partial charge in [0.25, 0.3) is 0 Å². The van der Waals surface area contributed by atoms with Crippen LogP contribution in [0.5, 0.6) is 0 Å². The highest BCUT2D eigenvalue weighted by Crippen LogP contribution is 2.28. The largest absolute Gasteiger partial charge is 0.383 e. The average Bonchev–Trinajstić information content (AvgIpc) is 3.26. The molecule has 1 aliphatic heterocycles. The van der Waals surface area contributed by atoms with Crippen molar-refractivity contribution in [1.29, 1.82) is 5.41 Å². The molecule has 0 aromatic carbocycles. The van der Waals surface area contributed by atoms with Crippen LogP contribution in [0, 0.1) is 12.3 Å². The van der Waals surface area contributed by atoms with E-state index in [1.807, 2.05) is 26.0 Å². The molecule has 5 N–H and O–H groups in total. The van der Waals surface area contributed by atoms with E-state index in [9.17, 15) is 0 Å². The van der Waals surface area contributed by atoms with Crippen LogP contribution in [0.4, 0.5) is 23.3 Å². The van der Waals surface area contributed by atoms with E-state index in [4.69, 9.17) is 15.1 Å². The van der Waals surface area contributed by atoms with Crippen LogP contribution in [0.2, 0.25) is 0 Å². The number of ether oxygens (including phenoxy) is 1. The van der Waals surface area contributed by atoms with Crippen LogP contribution in [0.3, 0.4) is 0 Å². The summed E-state index contributed by atoms with van der Waals surface area (Å²) in [7, 11) is 1.66. The van der Waals surface area contributed by atoms with Gasteiger partial charge in [-0.2, -0.15) is 4.98 Å². The van der Waals surface area contributed by atoms with Gasteiger partial charge >= 0.3 is 0 Å². The standard InChI is InChI=1S/C21H32N8O/c1-4-16(22)18-19(25-10-11-30-3)20(27-17-12-14(2)7-9-24-17)29-21(28-18)26-13-15-6-5-8-23-15/h7,9,12,15,22-23,25H,4-6,8,10-11,13H2,1-3H3,(H2,24,26,27,28,29). The van der Waals surface area contributed by atoms with Crippen LogP contribution in [0.15, 0.2) is 18.3 Å². The fourth-order valence-electron chi connectivity index (χ4n) is 3.33. The van der Waals surface area contributed by atoms with Gasteiger partial charge in [0.2, 0.25) is 5.95 Å². The maximum Gasteiger partial charge on any atom is 0.225 e. The summed E-state index contributed by atoms with van der Waals surface area (Å²) in [5.41, 5.74) is 2.81. The molecule has 3 rings (SSSR count). The number of pyridine rings is 1. The van der Waals surface area contributed by atoms with E-state index in [0.717, 1.165) is 25.1 Å². The van der Waals surface area contributed by atoms with Crippen LogP contribution < -0.4 is 21.3 Å². The van der Waals surface area contributed by atoms with E-state index in [1.165, 1.54) is 6.42 Å². The molecule has 0 bridgehead atoms. The lowest BCUT2D eigenvalue weighted by atomic mass is 10.1. The molecule has 0 amide bonds. The van der Waals surface area contributed by atoms with E-state index in [0.29, 0.717) is 60.3 Å². The van der Waals surface area contributed by atoms with E-state index >= 15 is 0 Å². The molecular formula is C21H32N8O. The fraction of sp³-hybridized carbons (Fsp3) is 0.524. The van der Waals surface area contributed by atoms with Gasteiger partial charge in [-0.05, 0) is 50.4 Å². The first kappa shape index (κ1) is 21.9. The Morgan fingerprint density at radius 1 is 1.33 bits per heavy atom. The van der Waals surface area contributed by atoms with Crippen molar-refractivity contribution in [1.82, 2.24) is 20.3 Å². The van der Waals surface area contributed by atoms with Crippen molar-refractivity contribution in [3.63, 3.8) is 0 Å². The molecule has 0 aliphatic carbocycles. The summed E-state index contributed by atoms with van der Waals surface area (Å²) in [6.45, 7) is 6.88. The quantitative estimate of drug-likeness (QED) is 0.282. The molecule has 9 nitrogen and oxygen atoms in total. The first-order valence-electron chi connectivity index (χ1n) is 10.5. The molecule has 162 valence electrons. The molecule has 1 saturated heterocycles. The maximum atomic E-state index is 8.46. The number of hydrogen-bond donors (Lipinski definition) is 5. The van der Waals surface area contributed by atoms with Crippen molar-refractivity contribution in [2.45, 2.75) is 39.2 Å². The Morgan fingerprint density at radius 3 is 2.90 bits per heavy atom. The summed E-state index contributed by atoms with van der Waals surface area (Å²) >= 11 is 0. The highest BCUT2D eigenvalue weighted by atomic mass is 16.5. The van der Waals surface area contributed by atoms with Crippen molar-refractivity contribution < 1.29 is 4.74 Å². The summed E-state index contributed by atoms with van der Waals surface area (Å²) in [4.78, 5) is 13.8. The molecular weight excluding hydrogens is 380 g/mol. The summed E-state index contributed by atoms with van der Waals surface area (Å²) < 4.78 is 5.17. The van der Waals surface area contributed by atoms with Gasteiger partial charge in [0.15, 0.2) is 5.82 Å². The second kappa shape index (κ2) is 10.8. The molecule has 30 heavy (non-hydrogen) atoms. The lowest BCUT2D eigenvalue weighted by Gasteiger charge is -2.19. The number of aromatic nitrogens is 3. The zero-order chi connectivity index (χ0) is 21.3. The molecule has 2 aromatic heterocycles. The van der Waals surface area contributed by atoms with E-state index in [1.54, 1.807) is 13.3 Å². The fourth-order valence-corrected chi connectivity index (χ4v) is 3.33. The van der Waals surface area contributed by atoms with Gasteiger partial charge in [0.1, 0.15) is 17.2 Å². The van der Waals surface area contributed by atoms with Gasteiger partial charge in [-0.3, -0.25) is 0 Å². The van der Waals surface area contributed by atoms with Gasteiger partial charge < -0.3 is 31.4 Å². The molecule has 1 fully saturated rings. The molecule has 1 unspecified atom stereocenters. The van der Waals surface area contributed by atoms with Gasteiger partial charge in [-0.15, -0.1) is 0 Å². The van der Waals surface area contributed by atoms with Crippen LogP contribution in [0.25, 0.3) is 0 Å². The lowest BCUT2D eigenvalue weighted by molar-refractivity contribution is 0.211. The first-order chi connectivity index (χ1) is 14.6. The van der Waals surface area contributed by atoms with E-state index in [2.05, 4.69) is 31.2 Å². The summed E-state index contributed by atoms with van der Waals surface area (Å²) in [5, 5.41) is 21.9. The van der Waals surface area contributed by atoms with Gasteiger partial charge in [-0.25, -0.2) is 9.97 Å². The smallest absolute Gasteiger partial charge is 0.225 e. The Bertz CT molecular complexity index is 851. The minimum Gasteiger partial charge on any atom is -0.383 e. The number of rotatable bonds is 11. The Balaban J connectivity index is 1.94. The van der Waals surface area contributed by atoms with Crippen molar-refractivity contribution in [2.24, 2.45) is 0 Å². The Hall–Kier alpha value is -2.78. The van der Waals surface area contributed by atoms with Crippen LogP contribution >= 0.6 is 0 Å². The van der Waals surface area contributed by atoms with Gasteiger partial charge in [-0.1, -0.05) is 6.92 Å².